The van der Waals surface area contributed by atoms with Crippen molar-refractivity contribution in [2.45, 2.75) is 56.3 Å². The Kier molecular flexibility index (Phi) is 12.2. The van der Waals surface area contributed by atoms with Gasteiger partial charge in [-0.25, -0.2) is 4.79 Å². The van der Waals surface area contributed by atoms with Gasteiger partial charge in [-0.15, -0.1) is 0 Å². The number of carbonyl (C=O) groups is 8. The van der Waals surface area contributed by atoms with Gasteiger partial charge in [0, 0.05) is 6.42 Å². The molecule has 0 heterocycles. The summed E-state index contributed by atoms with van der Waals surface area (Å²) in [5.74, 6) is -10.2. The number of primary amides is 2. The van der Waals surface area contributed by atoms with E-state index in [0.717, 1.165) is 0 Å². The number of carboxylic acid groups (broad SMARTS) is 3. The highest BCUT2D eigenvalue weighted by Gasteiger charge is 2.32. The van der Waals surface area contributed by atoms with Crippen LogP contribution in [0.2, 0.25) is 0 Å². The predicted molar refractivity (Wildman–Crippen MR) is 108 cm³/mol. The van der Waals surface area contributed by atoms with Gasteiger partial charge in [0.15, 0.2) is 0 Å². The molecule has 5 amide bonds. The molecule has 17 nitrogen and oxygen atoms in total. The molecule has 4 atom stereocenters. The van der Waals surface area contributed by atoms with Gasteiger partial charge in [-0.2, -0.15) is 0 Å². The van der Waals surface area contributed by atoms with E-state index in [1.54, 1.807) is 0 Å². The Bertz CT molecular complexity index is 846. The van der Waals surface area contributed by atoms with Crippen LogP contribution >= 0.6 is 0 Å². The number of nitrogens with one attached hydrogen (secondary N) is 3. The van der Waals surface area contributed by atoms with Crippen LogP contribution in [0.15, 0.2) is 0 Å². The maximum absolute atomic E-state index is 12.5. The van der Waals surface area contributed by atoms with Crippen molar-refractivity contribution in [3.8, 4) is 0 Å². The van der Waals surface area contributed by atoms with Crippen molar-refractivity contribution in [3.63, 3.8) is 0 Å². The van der Waals surface area contributed by atoms with Gasteiger partial charge in [-0.3, -0.25) is 33.6 Å². The van der Waals surface area contributed by atoms with Crippen LogP contribution in [0.1, 0.15) is 32.1 Å². The summed E-state index contributed by atoms with van der Waals surface area (Å²) in [7, 11) is 0. The van der Waals surface area contributed by atoms with Gasteiger partial charge < -0.3 is 48.5 Å². The number of rotatable bonds is 16. The molecule has 0 aliphatic carbocycles. The van der Waals surface area contributed by atoms with Crippen LogP contribution in [0.4, 0.5) is 0 Å². The summed E-state index contributed by atoms with van der Waals surface area (Å²) in [5.41, 5.74) is 15.4. The molecule has 12 N–H and O–H groups in total. The van der Waals surface area contributed by atoms with Crippen molar-refractivity contribution in [1.29, 1.82) is 0 Å². The fraction of sp³-hybridized carbons (Fsp3) is 0.529. The average molecular weight is 490 g/mol. The first-order valence-electron chi connectivity index (χ1n) is 9.53. The zero-order valence-corrected chi connectivity index (χ0v) is 17.7. The smallest absolute Gasteiger partial charge is 0.326 e. The summed E-state index contributed by atoms with van der Waals surface area (Å²) in [6.07, 6.45) is -3.61. The maximum atomic E-state index is 12.5. The Labute approximate surface area is 191 Å². The molecule has 0 radical (unpaired) electrons. The van der Waals surface area contributed by atoms with E-state index in [2.05, 4.69) is 0 Å². The molecule has 0 bridgehead atoms. The Hall–Kier alpha value is -4.28. The minimum atomic E-state index is -1.82. The van der Waals surface area contributed by atoms with Crippen molar-refractivity contribution < 1.29 is 53.7 Å². The Morgan fingerprint density at radius 2 is 1.06 bits per heavy atom. The third kappa shape index (κ3) is 11.9. The highest BCUT2D eigenvalue weighted by Crippen LogP contribution is 2.03. The molecule has 0 fully saturated rings. The second kappa shape index (κ2) is 14.0. The van der Waals surface area contributed by atoms with Gasteiger partial charge in [0.2, 0.25) is 29.5 Å². The Morgan fingerprint density at radius 1 is 0.618 bits per heavy atom. The molecular weight excluding hydrogens is 464 g/mol. The van der Waals surface area contributed by atoms with Crippen LogP contribution in [0.25, 0.3) is 0 Å². The first kappa shape index (κ1) is 29.7. The average Bonchev–Trinajstić information content (AvgIpc) is 2.68. The zero-order valence-electron chi connectivity index (χ0n) is 17.7. The summed E-state index contributed by atoms with van der Waals surface area (Å²) in [6, 6.07) is -6.84. The molecule has 34 heavy (non-hydrogen) atoms. The molecular formula is C17H26N6O11. The first-order chi connectivity index (χ1) is 15.6. The van der Waals surface area contributed by atoms with Gasteiger partial charge in [0.05, 0.1) is 25.3 Å². The van der Waals surface area contributed by atoms with E-state index in [0.29, 0.717) is 0 Å². The van der Waals surface area contributed by atoms with E-state index >= 15 is 0 Å². The van der Waals surface area contributed by atoms with Gasteiger partial charge in [-0.1, -0.05) is 0 Å². The number of amides is 5. The van der Waals surface area contributed by atoms with Crippen molar-refractivity contribution in [3.05, 3.63) is 0 Å². The predicted octanol–water partition coefficient (Wildman–Crippen LogP) is -5.06. The van der Waals surface area contributed by atoms with Crippen LogP contribution in [0.5, 0.6) is 0 Å². The van der Waals surface area contributed by atoms with E-state index in [1.165, 1.54) is 0 Å². The summed E-state index contributed by atoms with van der Waals surface area (Å²) in [6.45, 7) is 0. The van der Waals surface area contributed by atoms with Gasteiger partial charge in [0.25, 0.3) is 0 Å². The highest BCUT2D eigenvalue weighted by molar-refractivity contribution is 5.97. The van der Waals surface area contributed by atoms with Gasteiger partial charge >= 0.3 is 17.9 Å². The summed E-state index contributed by atoms with van der Waals surface area (Å²) >= 11 is 0. The number of aliphatic carboxylic acids is 3. The number of hydrogen-bond acceptors (Lipinski definition) is 9. The van der Waals surface area contributed by atoms with Crippen LogP contribution < -0.4 is 33.2 Å². The van der Waals surface area contributed by atoms with Crippen molar-refractivity contribution in [2.75, 3.05) is 0 Å². The quantitative estimate of drug-likeness (QED) is 0.0981. The van der Waals surface area contributed by atoms with E-state index < -0.39 is 104 Å². The maximum Gasteiger partial charge on any atom is 0.326 e. The first-order valence-corrected chi connectivity index (χ1v) is 9.53. The molecule has 0 aliphatic heterocycles. The topological polar surface area (TPSA) is 311 Å². The standard InChI is InChI=1S/C17H26N6O11/c18-6(3-10(19)24)14(30)22-9(5-13(28)29)16(32)23-8(4-11(20)25)15(31)21-7(17(33)34)1-2-12(26)27/h6-9H,1-5,18H2,(H2,19,24)(H2,20,25)(H,21,31)(H,22,30)(H,23,32)(H,26,27)(H,28,29)(H,33,34). The molecule has 0 aliphatic rings. The molecule has 0 saturated heterocycles. The van der Waals surface area contributed by atoms with Crippen LogP contribution in [-0.2, 0) is 38.4 Å². The highest BCUT2D eigenvalue weighted by atomic mass is 16.4. The normalized spacial score (nSPS) is 13.9. The molecule has 4 unspecified atom stereocenters. The molecule has 0 spiro atoms. The summed E-state index contributed by atoms with van der Waals surface area (Å²) < 4.78 is 0. The van der Waals surface area contributed by atoms with E-state index in [4.69, 9.17) is 32.5 Å². The third-order valence-corrected chi connectivity index (χ3v) is 4.07. The minimum Gasteiger partial charge on any atom is -0.481 e. The van der Waals surface area contributed by atoms with E-state index in [-0.39, 0.29) is 0 Å². The fourth-order valence-corrected chi connectivity index (χ4v) is 2.45. The SMILES string of the molecule is NC(=O)CC(N)C(=O)NC(CC(=O)O)C(=O)NC(CC(N)=O)C(=O)NC(CCC(=O)O)C(=O)O. The number of hydrogen-bond donors (Lipinski definition) is 9. The van der Waals surface area contributed by atoms with Gasteiger partial charge in [-0.05, 0) is 6.42 Å². The number of carbonyl (C=O) groups excluding carboxylic acids is 5. The second-order valence-corrected chi connectivity index (χ2v) is 7.00. The lowest BCUT2D eigenvalue weighted by molar-refractivity contribution is -0.144. The Balaban J connectivity index is 5.56. The third-order valence-electron chi connectivity index (χ3n) is 4.07. The van der Waals surface area contributed by atoms with Crippen LogP contribution in [0.3, 0.4) is 0 Å². The molecule has 0 saturated carbocycles. The summed E-state index contributed by atoms with van der Waals surface area (Å²) in [5, 5.41) is 32.7. The molecule has 0 aromatic heterocycles. The lowest BCUT2D eigenvalue weighted by Gasteiger charge is -2.24. The van der Waals surface area contributed by atoms with Crippen molar-refractivity contribution in [1.82, 2.24) is 16.0 Å². The molecule has 190 valence electrons. The zero-order chi connectivity index (χ0) is 26.6. The minimum absolute atomic E-state index is 0.525. The molecule has 17 heteroatoms. The molecule has 0 aromatic carbocycles. The monoisotopic (exact) mass is 490 g/mol. The number of nitrogens with two attached hydrogens (primary N) is 3. The van der Waals surface area contributed by atoms with Crippen LogP contribution in [0, 0.1) is 0 Å². The lowest BCUT2D eigenvalue weighted by atomic mass is 10.1. The second-order valence-electron chi connectivity index (χ2n) is 7.00. The van der Waals surface area contributed by atoms with Crippen molar-refractivity contribution in [2.24, 2.45) is 17.2 Å². The largest absolute Gasteiger partial charge is 0.481 e. The molecule has 0 aromatic rings. The fourth-order valence-electron chi connectivity index (χ4n) is 2.45. The van der Waals surface area contributed by atoms with Crippen LogP contribution in [-0.4, -0.2) is 86.9 Å². The van der Waals surface area contributed by atoms with Gasteiger partial charge in [0.1, 0.15) is 18.1 Å². The summed E-state index contributed by atoms with van der Waals surface area (Å²) in [4.78, 5) is 92.2. The number of carboxylic acids is 3. The Morgan fingerprint density at radius 3 is 1.47 bits per heavy atom. The lowest BCUT2D eigenvalue weighted by Crippen LogP contribution is -2.58. The van der Waals surface area contributed by atoms with Crippen molar-refractivity contribution >= 4 is 47.4 Å². The van der Waals surface area contributed by atoms with E-state index in [1.807, 2.05) is 16.0 Å². The molecule has 0 rings (SSSR count). The van der Waals surface area contributed by atoms with E-state index in [9.17, 15) is 38.4 Å².